The lowest BCUT2D eigenvalue weighted by atomic mass is 9.96. The third-order valence-electron chi connectivity index (χ3n) is 7.07. The molecule has 10 nitrogen and oxygen atoms in total. The van der Waals surface area contributed by atoms with Gasteiger partial charge in [0.25, 0.3) is 11.8 Å². The third kappa shape index (κ3) is 6.12. The summed E-state index contributed by atoms with van der Waals surface area (Å²) in [7, 11) is 1.32. The number of methoxy groups -OCH3 is 1. The Kier molecular flexibility index (Phi) is 8.11. The molecule has 0 unspecified atom stereocenters. The SMILES string of the molecule is COC(=O)c1cc2c(cc1C)C(=C(Nc1ccc(C(=O)NCCN3CCNC(=O)C3)cc1)c1ccccc1)C(=O)N2. The second-order valence-corrected chi connectivity index (χ2v) is 9.86. The van der Waals surface area contributed by atoms with E-state index in [1.807, 2.05) is 41.3 Å². The number of hydrogen-bond acceptors (Lipinski definition) is 7. The van der Waals surface area contributed by atoms with E-state index in [9.17, 15) is 19.2 Å². The maximum absolute atomic E-state index is 13.3. The highest BCUT2D eigenvalue weighted by Crippen LogP contribution is 2.39. The summed E-state index contributed by atoms with van der Waals surface area (Å²) in [5.41, 5.74) is 5.31. The first-order chi connectivity index (χ1) is 19.8. The predicted molar refractivity (Wildman–Crippen MR) is 156 cm³/mol. The molecule has 210 valence electrons. The Morgan fingerprint density at radius 1 is 1.00 bits per heavy atom. The molecule has 3 amide bonds. The Labute approximate surface area is 237 Å². The van der Waals surface area contributed by atoms with Crippen LogP contribution in [0.2, 0.25) is 0 Å². The van der Waals surface area contributed by atoms with Crippen molar-refractivity contribution in [2.24, 2.45) is 0 Å². The van der Waals surface area contributed by atoms with Crippen molar-refractivity contribution in [3.63, 3.8) is 0 Å². The van der Waals surface area contributed by atoms with Gasteiger partial charge in [0.05, 0.1) is 36.2 Å². The van der Waals surface area contributed by atoms with Crippen LogP contribution in [0.1, 0.15) is 37.4 Å². The van der Waals surface area contributed by atoms with Crippen LogP contribution in [0.15, 0.2) is 66.7 Å². The first-order valence-corrected chi connectivity index (χ1v) is 13.3. The number of nitrogens with one attached hydrogen (secondary N) is 4. The van der Waals surface area contributed by atoms with E-state index in [-0.39, 0.29) is 17.7 Å². The first kappa shape index (κ1) is 27.6. The Morgan fingerprint density at radius 3 is 2.46 bits per heavy atom. The van der Waals surface area contributed by atoms with Crippen LogP contribution in [0.5, 0.6) is 0 Å². The Morgan fingerprint density at radius 2 is 1.76 bits per heavy atom. The van der Waals surface area contributed by atoms with Gasteiger partial charge in [0, 0.05) is 43.0 Å². The normalized spacial score (nSPS) is 15.9. The quantitative estimate of drug-likeness (QED) is 0.249. The van der Waals surface area contributed by atoms with E-state index in [0.29, 0.717) is 71.1 Å². The maximum Gasteiger partial charge on any atom is 0.338 e. The van der Waals surface area contributed by atoms with Crippen molar-refractivity contribution in [1.29, 1.82) is 0 Å². The molecular formula is C31H31N5O5. The van der Waals surface area contributed by atoms with Gasteiger partial charge in [0.2, 0.25) is 5.91 Å². The molecule has 0 spiro atoms. The molecule has 1 fully saturated rings. The summed E-state index contributed by atoms with van der Waals surface area (Å²) in [6, 6.07) is 19.9. The number of amides is 3. The monoisotopic (exact) mass is 553 g/mol. The number of benzene rings is 3. The summed E-state index contributed by atoms with van der Waals surface area (Å²) in [5.74, 6) is -0.979. The van der Waals surface area contributed by atoms with Crippen molar-refractivity contribution in [3.05, 3.63) is 94.5 Å². The number of hydrogen-bond donors (Lipinski definition) is 4. The van der Waals surface area contributed by atoms with Crippen molar-refractivity contribution >= 4 is 46.3 Å². The zero-order chi connectivity index (χ0) is 28.9. The number of esters is 1. The smallest absolute Gasteiger partial charge is 0.338 e. The van der Waals surface area contributed by atoms with Gasteiger partial charge in [-0.1, -0.05) is 30.3 Å². The van der Waals surface area contributed by atoms with Crippen LogP contribution in [0.4, 0.5) is 11.4 Å². The van der Waals surface area contributed by atoms with Crippen molar-refractivity contribution in [2.75, 3.05) is 50.5 Å². The fourth-order valence-corrected chi connectivity index (χ4v) is 4.95. The minimum absolute atomic E-state index is 0.00448. The highest BCUT2D eigenvalue weighted by Gasteiger charge is 2.30. The van der Waals surface area contributed by atoms with E-state index in [0.717, 1.165) is 12.1 Å². The summed E-state index contributed by atoms with van der Waals surface area (Å²) in [6.45, 7) is 4.54. The van der Waals surface area contributed by atoms with Crippen LogP contribution in [-0.2, 0) is 14.3 Å². The molecule has 3 aromatic rings. The number of fused-ring (bicyclic) bond motifs is 1. The zero-order valence-corrected chi connectivity index (χ0v) is 22.9. The molecular weight excluding hydrogens is 522 g/mol. The molecule has 0 aromatic heterocycles. The van der Waals surface area contributed by atoms with E-state index >= 15 is 0 Å². The second-order valence-electron chi connectivity index (χ2n) is 9.86. The summed E-state index contributed by atoms with van der Waals surface area (Å²) < 4.78 is 4.88. The number of aryl methyl sites for hydroxylation is 1. The average Bonchev–Trinajstić information content (AvgIpc) is 3.29. The number of carbonyl (C=O) groups excluding carboxylic acids is 4. The molecule has 3 aromatic carbocycles. The molecule has 10 heteroatoms. The molecule has 0 aliphatic carbocycles. The van der Waals surface area contributed by atoms with Gasteiger partial charge in [-0.3, -0.25) is 19.3 Å². The first-order valence-electron chi connectivity index (χ1n) is 13.3. The van der Waals surface area contributed by atoms with Crippen LogP contribution in [0, 0.1) is 6.92 Å². The molecule has 0 bridgehead atoms. The minimum Gasteiger partial charge on any atom is -0.465 e. The van der Waals surface area contributed by atoms with Crippen molar-refractivity contribution in [2.45, 2.75) is 6.92 Å². The molecule has 2 heterocycles. The summed E-state index contributed by atoms with van der Waals surface area (Å²) >= 11 is 0. The number of anilines is 2. The van der Waals surface area contributed by atoms with E-state index < -0.39 is 5.97 Å². The fourth-order valence-electron chi connectivity index (χ4n) is 4.95. The van der Waals surface area contributed by atoms with Crippen LogP contribution < -0.4 is 21.3 Å². The van der Waals surface area contributed by atoms with Crippen LogP contribution in [0.3, 0.4) is 0 Å². The van der Waals surface area contributed by atoms with Crippen molar-refractivity contribution < 1.29 is 23.9 Å². The van der Waals surface area contributed by atoms with Crippen LogP contribution in [-0.4, -0.2) is 68.4 Å². The zero-order valence-electron chi connectivity index (χ0n) is 22.9. The molecule has 1 saturated heterocycles. The third-order valence-corrected chi connectivity index (χ3v) is 7.07. The summed E-state index contributed by atoms with van der Waals surface area (Å²) in [5, 5.41) is 11.9. The van der Waals surface area contributed by atoms with Crippen molar-refractivity contribution in [3.8, 4) is 0 Å². The molecule has 4 N–H and O–H groups in total. The van der Waals surface area contributed by atoms with Gasteiger partial charge in [-0.05, 0) is 54.4 Å². The minimum atomic E-state index is -0.471. The number of piperazine rings is 1. The molecule has 5 rings (SSSR count). The summed E-state index contributed by atoms with van der Waals surface area (Å²) in [4.78, 5) is 51.7. The maximum atomic E-state index is 13.3. The van der Waals surface area contributed by atoms with Gasteiger partial charge in [0.1, 0.15) is 0 Å². The Balaban J connectivity index is 1.37. The Hall–Kier alpha value is -4.96. The summed E-state index contributed by atoms with van der Waals surface area (Å²) in [6.07, 6.45) is 0. The number of ether oxygens (including phenoxy) is 1. The molecule has 0 atom stereocenters. The largest absolute Gasteiger partial charge is 0.465 e. The highest BCUT2D eigenvalue weighted by atomic mass is 16.5. The van der Waals surface area contributed by atoms with Crippen LogP contribution in [0.25, 0.3) is 11.3 Å². The van der Waals surface area contributed by atoms with E-state index in [1.54, 1.807) is 37.3 Å². The van der Waals surface area contributed by atoms with Gasteiger partial charge >= 0.3 is 5.97 Å². The predicted octanol–water partition coefficient (Wildman–Crippen LogP) is 2.88. The Bertz CT molecular complexity index is 1530. The number of carbonyl (C=O) groups is 4. The fraction of sp³-hybridized carbons (Fsp3) is 0.226. The standard InChI is InChI=1S/C31H31N5O5/c1-19-16-24-25(17-23(19)31(40)41-2)35-30(39)27(24)28(20-6-4-3-5-7-20)34-22-10-8-21(9-11-22)29(38)33-13-15-36-14-12-32-26(37)18-36/h3-11,16-17,34H,12-15,18H2,1-2H3,(H,32,37)(H,33,38)(H,35,39). The van der Waals surface area contributed by atoms with Gasteiger partial charge in [0.15, 0.2) is 0 Å². The topological polar surface area (TPSA) is 129 Å². The molecule has 41 heavy (non-hydrogen) atoms. The lowest BCUT2D eigenvalue weighted by molar-refractivity contribution is -0.124. The van der Waals surface area contributed by atoms with Crippen LogP contribution >= 0.6 is 0 Å². The highest BCUT2D eigenvalue weighted by molar-refractivity contribution is 6.37. The van der Waals surface area contributed by atoms with Gasteiger partial charge in [-0.15, -0.1) is 0 Å². The molecule has 2 aliphatic heterocycles. The van der Waals surface area contributed by atoms with Gasteiger partial charge in [-0.25, -0.2) is 4.79 Å². The lowest BCUT2D eigenvalue weighted by Crippen LogP contribution is -2.49. The number of rotatable bonds is 8. The van der Waals surface area contributed by atoms with Crippen molar-refractivity contribution in [1.82, 2.24) is 15.5 Å². The molecule has 0 saturated carbocycles. The van der Waals surface area contributed by atoms with E-state index in [4.69, 9.17) is 4.74 Å². The van der Waals surface area contributed by atoms with E-state index in [1.165, 1.54) is 7.11 Å². The average molecular weight is 554 g/mol. The molecule has 2 aliphatic rings. The lowest BCUT2D eigenvalue weighted by Gasteiger charge is -2.26. The second kappa shape index (κ2) is 12.1. The molecule has 0 radical (unpaired) electrons. The number of nitrogens with zero attached hydrogens (tertiary/aromatic N) is 1. The van der Waals surface area contributed by atoms with Gasteiger partial charge in [-0.2, -0.15) is 0 Å². The van der Waals surface area contributed by atoms with E-state index in [2.05, 4.69) is 21.3 Å². The van der Waals surface area contributed by atoms with Gasteiger partial charge < -0.3 is 26.0 Å².